The third-order valence-electron chi connectivity index (χ3n) is 4.14. The number of carbonyl (C=O) groups is 1. The van der Waals surface area contributed by atoms with E-state index in [0.29, 0.717) is 10.8 Å². The summed E-state index contributed by atoms with van der Waals surface area (Å²) in [6.07, 6.45) is 0. The Bertz CT molecular complexity index is 950. The van der Waals surface area contributed by atoms with Crippen molar-refractivity contribution >= 4 is 33.8 Å². The molecule has 0 saturated heterocycles. The van der Waals surface area contributed by atoms with Crippen molar-refractivity contribution in [2.75, 3.05) is 18.0 Å². The van der Waals surface area contributed by atoms with Crippen LogP contribution in [0.3, 0.4) is 0 Å². The summed E-state index contributed by atoms with van der Waals surface area (Å²) in [5.74, 6) is -1.03. The molecule has 0 saturated carbocycles. The molecule has 0 bridgehead atoms. The van der Waals surface area contributed by atoms with Crippen molar-refractivity contribution in [2.24, 2.45) is 10.2 Å². The van der Waals surface area contributed by atoms with Crippen LogP contribution in [0.4, 0.5) is 16.5 Å². The van der Waals surface area contributed by atoms with Gasteiger partial charge in [0.15, 0.2) is 0 Å². The molecule has 0 fully saturated rings. The zero-order valence-corrected chi connectivity index (χ0v) is 16.0. The van der Waals surface area contributed by atoms with Crippen LogP contribution in [0.2, 0.25) is 0 Å². The lowest BCUT2D eigenvalue weighted by Gasteiger charge is -2.21. The normalized spacial score (nSPS) is 11.0. The highest BCUT2D eigenvalue weighted by Crippen LogP contribution is 2.30. The van der Waals surface area contributed by atoms with Crippen molar-refractivity contribution in [1.29, 1.82) is 0 Å². The predicted molar refractivity (Wildman–Crippen MR) is 109 cm³/mol. The minimum Gasteiger partial charge on any atom is -0.478 e. The first-order valence-corrected chi connectivity index (χ1v) is 9.55. The summed E-state index contributed by atoms with van der Waals surface area (Å²) in [6.45, 7) is 5.67. The van der Waals surface area contributed by atoms with Crippen LogP contribution in [-0.4, -0.2) is 29.1 Å². The third-order valence-corrected chi connectivity index (χ3v) is 4.87. The van der Waals surface area contributed by atoms with E-state index < -0.39 is 5.97 Å². The smallest absolute Gasteiger partial charge is 0.338 e. The lowest BCUT2D eigenvalue weighted by atomic mass is 10.1. The van der Waals surface area contributed by atoms with Crippen LogP contribution < -0.4 is 4.90 Å². The van der Waals surface area contributed by atoms with Gasteiger partial charge in [-0.25, -0.2) is 9.78 Å². The first-order valence-electron chi connectivity index (χ1n) is 8.67. The van der Waals surface area contributed by atoms with Crippen LogP contribution >= 0.6 is 11.3 Å². The van der Waals surface area contributed by atoms with Gasteiger partial charge in [-0.1, -0.05) is 30.3 Å². The SMILES string of the molecule is CCN(CC)c1ccc(N=Nc2nc(-c3ccccc3)cs2)c(C(=O)O)c1. The Kier molecular flexibility index (Phi) is 5.93. The summed E-state index contributed by atoms with van der Waals surface area (Å²) in [5.41, 5.74) is 3.13. The average molecular weight is 380 g/mol. The van der Waals surface area contributed by atoms with E-state index in [9.17, 15) is 9.90 Å². The molecule has 0 radical (unpaired) electrons. The molecule has 0 aliphatic rings. The van der Waals surface area contributed by atoms with Crippen molar-refractivity contribution in [3.05, 3.63) is 59.5 Å². The standard InChI is InChI=1S/C20H20N4O2S/c1-3-24(4-2)15-10-11-17(16(12-15)19(25)26)22-23-20-21-18(13-27-20)14-8-6-5-7-9-14/h5-13H,3-4H2,1-2H3,(H,25,26). The van der Waals surface area contributed by atoms with Crippen LogP contribution in [0.15, 0.2) is 64.1 Å². The number of carboxylic acid groups (broad SMARTS) is 1. The Morgan fingerprint density at radius 1 is 1.11 bits per heavy atom. The van der Waals surface area contributed by atoms with Crippen LogP contribution in [0.1, 0.15) is 24.2 Å². The molecule has 7 heteroatoms. The number of carboxylic acids is 1. The van der Waals surface area contributed by atoms with Crippen LogP contribution in [0.5, 0.6) is 0 Å². The number of rotatable bonds is 7. The molecule has 1 N–H and O–H groups in total. The maximum absolute atomic E-state index is 11.6. The molecule has 138 valence electrons. The average Bonchev–Trinajstić information content (AvgIpc) is 3.17. The number of anilines is 1. The molecule has 1 heterocycles. The fourth-order valence-corrected chi connectivity index (χ4v) is 3.36. The molecule has 2 aromatic carbocycles. The van der Waals surface area contributed by atoms with E-state index in [0.717, 1.165) is 30.0 Å². The van der Waals surface area contributed by atoms with Gasteiger partial charge in [0.1, 0.15) is 5.69 Å². The molecular weight excluding hydrogens is 360 g/mol. The zero-order valence-electron chi connectivity index (χ0n) is 15.2. The predicted octanol–water partition coefficient (Wildman–Crippen LogP) is 5.77. The Morgan fingerprint density at radius 3 is 2.52 bits per heavy atom. The van der Waals surface area contributed by atoms with Gasteiger partial charge in [-0.3, -0.25) is 0 Å². The largest absolute Gasteiger partial charge is 0.478 e. The lowest BCUT2D eigenvalue weighted by molar-refractivity contribution is 0.0698. The molecule has 27 heavy (non-hydrogen) atoms. The highest BCUT2D eigenvalue weighted by atomic mass is 32.1. The van der Waals surface area contributed by atoms with E-state index in [1.54, 1.807) is 12.1 Å². The van der Waals surface area contributed by atoms with Gasteiger partial charge in [0.25, 0.3) is 0 Å². The Labute approximate surface area is 161 Å². The van der Waals surface area contributed by atoms with Crippen molar-refractivity contribution in [2.45, 2.75) is 13.8 Å². The Balaban J connectivity index is 1.86. The maximum atomic E-state index is 11.6. The quantitative estimate of drug-likeness (QED) is 0.528. The second kappa shape index (κ2) is 8.55. The molecular formula is C20H20N4O2S. The number of nitrogens with zero attached hydrogens (tertiary/aromatic N) is 4. The number of hydrogen-bond acceptors (Lipinski definition) is 6. The molecule has 1 aromatic heterocycles. The van der Waals surface area contributed by atoms with Crippen molar-refractivity contribution in [3.63, 3.8) is 0 Å². The summed E-state index contributed by atoms with van der Waals surface area (Å²) in [4.78, 5) is 18.2. The van der Waals surface area contributed by atoms with Crippen molar-refractivity contribution in [1.82, 2.24) is 4.98 Å². The first kappa shape index (κ1) is 18.7. The number of hydrogen-bond donors (Lipinski definition) is 1. The highest BCUT2D eigenvalue weighted by molar-refractivity contribution is 7.13. The number of aromatic carboxylic acids is 1. The highest BCUT2D eigenvalue weighted by Gasteiger charge is 2.13. The van der Waals surface area contributed by atoms with Crippen LogP contribution in [-0.2, 0) is 0 Å². The van der Waals surface area contributed by atoms with Crippen LogP contribution in [0, 0.1) is 0 Å². The zero-order chi connectivity index (χ0) is 19.2. The van der Waals surface area contributed by atoms with Gasteiger partial charge < -0.3 is 10.0 Å². The van der Waals surface area contributed by atoms with Gasteiger partial charge in [-0.2, -0.15) is 0 Å². The van der Waals surface area contributed by atoms with E-state index in [1.165, 1.54) is 11.3 Å². The van der Waals surface area contributed by atoms with E-state index >= 15 is 0 Å². The summed E-state index contributed by atoms with van der Waals surface area (Å²) >= 11 is 1.37. The lowest BCUT2D eigenvalue weighted by Crippen LogP contribution is -2.22. The maximum Gasteiger partial charge on any atom is 0.338 e. The molecule has 0 aliphatic heterocycles. The van der Waals surface area contributed by atoms with Gasteiger partial charge >= 0.3 is 5.97 Å². The second-order valence-corrected chi connectivity index (χ2v) is 6.60. The second-order valence-electron chi connectivity index (χ2n) is 5.76. The number of aromatic nitrogens is 1. The number of benzene rings is 2. The van der Waals surface area contributed by atoms with Gasteiger partial charge in [0, 0.05) is 29.7 Å². The summed E-state index contributed by atoms with van der Waals surface area (Å²) < 4.78 is 0. The van der Waals surface area contributed by atoms with Gasteiger partial charge in [-0.05, 0) is 32.0 Å². The summed E-state index contributed by atoms with van der Waals surface area (Å²) in [7, 11) is 0. The van der Waals surface area contributed by atoms with E-state index in [-0.39, 0.29) is 5.56 Å². The molecule has 0 unspecified atom stereocenters. The summed E-state index contributed by atoms with van der Waals surface area (Å²) in [5, 5.41) is 20.2. The molecule has 3 aromatic rings. The fourth-order valence-electron chi connectivity index (χ4n) is 2.72. The van der Waals surface area contributed by atoms with Gasteiger partial charge in [0.05, 0.1) is 11.3 Å². The van der Waals surface area contributed by atoms with Crippen molar-refractivity contribution < 1.29 is 9.90 Å². The summed E-state index contributed by atoms with van der Waals surface area (Å²) in [6, 6.07) is 15.0. The Morgan fingerprint density at radius 2 is 1.85 bits per heavy atom. The van der Waals surface area contributed by atoms with Crippen molar-refractivity contribution in [3.8, 4) is 11.3 Å². The van der Waals surface area contributed by atoms with Gasteiger partial charge in [-0.15, -0.1) is 21.6 Å². The molecule has 6 nitrogen and oxygen atoms in total. The number of thiazole rings is 1. The third kappa shape index (κ3) is 4.38. The molecule has 3 rings (SSSR count). The molecule has 0 aliphatic carbocycles. The molecule has 0 spiro atoms. The topological polar surface area (TPSA) is 78.2 Å². The molecule has 0 amide bonds. The number of azo groups is 1. The minimum atomic E-state index is -1.03. The van der Waals surface area contributed by atoms with Gasteiger partial charge in [0.2, 0.25) is 5.13 Å². The fraction of sp³-hybridized carbons (Fsp3) is 0.200. The minimum absolute atomic E-state index is 0.128. The molecule has 0 atom stereocenters. The Hall–Kier alpha value is -3.06. The first-order chi connectivity index (χ1) is 13.1. The van der Waals surface area contributed by atoms with Crippen LogP contribution in [0.25, 0.3) is 11.3 Å². The van der Waals surface area contributed by atoms with E-state index in [4.69, 9.17) is 0 Å². The monoisotopic (exact) mass is 380 g/mol. The van der Waals surface area contributed by atoms with E-state index in [1.807, 2.05) is 55.6 Å². The van der Waals surface area contributed by atoms with E-state index in [2.05, 4.69) is 20.1 Å².